The summed E-state index contributed by atoms with van der Waals surface area (Å²) in [7, 11) is 0. The van der Waals surface area contributed by atoms with Crippen LogP contribution < -0.4 is 5.32 Å². The lowest BCUT2D eigenvalue weighted by Crippen LogP contribution is -2.43. The molecule has 1 unspecified atom stereocenters. The van der Waals surface area contributed by atoms with E-state index in [4.69, 9.17) is 0 Å². The monoisotopic (exact) mass is 284 g/mol. The molecular formula is C16H32N2O2. The van der Waals surface area contributed by atoms with Crippen LogP contribution in [-0.2, 0) is 4.79 Å². The van der Waals surface area contributed by atoms with Gasteiger partial charge in [0, 0.05) is 19.1 Å². The number of rotatable bonds is 10. The number of aliphatic carboxylic acids is 1. The fourth-order valence-corrected chi connectivity index (χ4v) is 3.09. The molecule has 20 heavy (non-hydrogen) atoms. The molecule has 1 saturated carbocycles. The highest BCUT2D eigenvalue weighted by Crippen LogP contribution is 2.24. The van der Waals surface area contributed by atoms with Gasteiger partial charge in [0.05, 0.1) is 0 Å². The maximum Gasteiger partial charge on any atom is 0.320 e. The van der Waals surface area contributed by atoms with Crippen LogP contribution in [0.5, 0.6) is 0 Å². The summed E-state index contributed by atoms with van der Waals surface area (Å²) in [6.07, 6.45) is 6.91. The van der Waals surface area contributed by atoms with Gasteiger partial charge in [-0.05, 0) is 38.1 Å². The van der Waals surface area contributed by atoms with Gasteiger partial charge in [-0.1, -0.05) is 33.6 Å². The molecule has 0 saturated heterocycles. The maximum absolute atomic E-state index is 11.3. The highest BCUT2D eigenvalue weighted by atomic mass is 16.4. The first kappa shape index (κ1) is 17.4. The lowest BCUT2D eigenvalue weighted by Gasteiger charge is -2.31. The third-order valence-electron chi connectivity index (χ3n) is 4.08. The zero-order valence-electron chi connectivity index (χ0n) is 13.4. The minimum atomic E-state index is -0.714. The van der Waals surface area contributed by atoms with Gasteiger partial charge in [-0.15, -0.1) is 0 Å². The lowest BCUT2D eigenvalue weighted by molar-refractivity contribution is -0.139. The first-order valence-corrected chi connectivity index (χ1v) is 8.24. The Hall–Kier alpha value is -0.610. The van der Waals surface area contributed by atoms with Gasteiger partial charge in [0.15, 0.2) is 0 Å². The molecule has 0 aromatic heterocycles. The van der Waals surface area contributed by atoms with Crippen LogP contribution in [0.15, 0.2) is 0 Å². The van der Waals surface area contributed by atoms with Gasteiger partial charge in [0.25, 0.3) is 0 Å². The van der Waals surface area contributed by atoms with Crippen molar-refractivity contribution in [3.05, 3.63) is 0 Å². The molecule has 0 aliphatic heterocycles. The molecule has 4 heteroatoms. The highest BCUT2D eigenvalue weighted by Gasteiger charge is 2.25. The van der Waals surface area contributed by atoms with Crippen LogP contribution in [0.2, 0.25) is 0 Å². The second kappa shape index (κ2) is 9.35. The summed E-state index contributed by atoms with van der Waals surface area (Å²) in [4.78, 5) is 13.8. The fourth-order valence-electron chi connectivity index (χ4n) is 3.09. The molecular weight excluding hydrogens is 252 g/mol. The van der Waals surface area contributed by atoms with Gasteiger partial charge < -0.3 is 15.3 Å². The molecule has 118 valence electrons. The van der Waals surface area contributed by atoms with Crippen molar-refractivity contribution in [1.29, 1.82) is 0 Å². The smallest absolute Gasteiger partial charge is 0.320 e. The molecule has 0 heterocycles. The van der Waals surface area contributed by atoms with Gasteiger partial charge in [-0.25, -0.2) is 0 Å². The second-order valence-electron chi connectivity index (χ2n) is 6.46. The number of carboxylic acid groups (broad SMARTS) is 1. The van der Waals surface area contributed by atoms with E-state index in [2.05, 4.69) is 31.0 Å². The number of hydrogen-bond donors (Lipinski definition) is 2. The molecule has 1 aliphatic carbocycles. The summed E-state index contributed by atoms with van der Waals surface area (Å²) in [5.74, 6) is -0.0724. The van der Waals surface area contributed by atoms with Gasteiger partial charge in [-0.2, -0.15) is 0 Å². The van der Waals surface area contributed by atoms with Crippen LogP contribution >= 0.6 is 0 Å². The summed E-state index contributed by atoms with van der Waals surface area (Å²) >= 11 is 0. The summed E-state index contributed by atoms with van der Waals surface area (Å²) in [5.41, 5.74) is 0. The van der Waals surface area contributed by atoms with Crippen molar-refractivity contribution in [3.63, 3.8) is 0 Å². The third-order valence-corrected chi connectivity index (χ3v) is 4.08. The molecule has 1 atom stereocenters. The van der Waals surface area contributed by atoms with Gasteiger partial charge >= 0.3 is 5.97 Å². The summed E-state index contributed by atoms with van der Waals surface area (Å²) in [6, 6.07) is 0.282. The van der Waals surface area contributed by atoms with E-state index in [1.54, 1.807) is 0 Å². The summed E-state index contributed by atoms with van der Waals surface area (Å²) in [5, 5.41) is 12.4. The van der Waals surface area contributed by atoms with Gasteiger partial charge in [0.1, 0.15) is 6.04 Å². The maximum atomic E-state index is 11.3. The van der Waals surface area contributed by atoms with Gasteiger partial charge in [0.2, 0.25) is 0 Å². The average Bonchev–Trinajstić information content (AvgIpc) is 2.90. The van der Waals surface area contributed by atoms with E-state index in [0.717, 1.165) is 26.1 Å². The van der Waals surface area contributed by atoms with Gasteiger partial charge in [-0.3, -0.25) is 4.79 Å². The van der Waals surface area contributed by atoms with Crippen molar-refractivity contribution < 1.29 is 9.90 Å². The van der Waals surface area contributed by atoms with E-state index in [9.17, 15) is 9.90 Å². The molecule has 0 bridgehead atoms. The Labute approximate surface area is 123 Å². The molecule has 0 aromatic carbocycles. The van der Waals surface area contributed by atoms with E-state index in [1.807, 2.05) is 0 Å². The summed E-state index contributed by atoms with van der Waals surface area (Å²) < 4.78 is 0. The van der Waals surface area contributed by atoms with Crippen LogP contribution in [0.3, 0.4) is 0 Å². The molecule has 1 rings (SSSR count). The van der Waals surface area contributed by atoms with Crippen molar-refractivity contribution in [2.24, 2.45) is 5.92 Å². The van der Waals surface area contributed by atoms with Crippen LogP contribution in [0.25, 0.3) is 0 Å². The van der Waals surface area contributed by atoms with Crippen molar-refractivity contribution in [2.75, 3.05) is 19.6 Å². The number of nitrogens with one attached hydrogen (secondary N) is 1. The average molecular weight is 284 g/mol. The zero-order valence-corrected chi connectivity index (χ0v) is 13.4. The first-order valence-electron chi connectivity index (χ1n) is 8.24. The Morgan fingerprint density at radius 2 is 2.00 bits per heavy atom. The molecule has 0 amide bonds. The number of carboxylic acids is 1. The SMILES string of the molecule is CCCNC(CCN(CC(C)C)C1CCCC1)C(=O)O. The largest absolute Gasteiger partial charge is 0.480 e. The predicted octanol–water partition coefficient (Wildman–Crippen LogP) is 2.73. The predicted molar refractivity (Wildman–Crippen MR) is 83.0 cm³/mol. The molecule has 4 nitrogen and oxygen atoms in total. The molecule has 1 aliphatic rings. The number of hydrogen-bond acceptors (Lipinski definition) is 3. The van der Waals surface area contributed by atoms with E-state index in [0.29, 0.717) is 18.4 Å². The lowest BCUT2D eigenvalue weighted by atomic mass is 10.1. The van der Waals surface area contributed by atoms with Crippen LogP contribution in [-0.4, -0.2) is 47.7 Å². The quantitative estimate of drug-likeness (QED) is 0.647. The van der Waals surface area contributed by atoms with Crippen molar-refractivity contribution >= 4 is 5.97 Å². The minimum absolute atomic E-state index is 0.397. The third kappa shape index (κ3) is 6.23. The van der Waals surface area contributed by atoms with E-state index >= 15 is 0 Å². The topological polar surface area (TPSA) is 52.6 Å². The van der Waals surface area contributed by atoms with Crippen molar-refractivity contribution in [1.82, 2.24) is 10.2 Å². The summed E-state index contributed by atoms with van der Waals surface area (Å²) in [6.45, 7) is 9.32. The number of nitrogens with zero attached hydrogens (tertiary/aromatic N) is 1. The molecule has 0 spiro atoms. The Kier molecular flexibility index (Phi) is 8.15. The van der Waals surface area contributed by atoms with E-state index in [-0.39, 0.29) is 0 Å². The normalized spacial score (nSPS) is 18.1. The zero-order chi connectivity index (χ0) is 15.0. The standard InChI is InChI=1S/C16H32N2O2/c1-4-10-17-15(16(19)20)9-11-18(12-13(2)3)14-7-5-6-8-14/h13-15,17H,4-12H2,1-3H3,(H,19,20). The molecule has 0 aromatic rings. The van der Waals surface area contributed by atoms with Crippen molar-refractivity contribution in [2.45, 2.75) is 71.4 Å². The van der Waals surface area contributed by atoms with Crippen LogP contribution in [0, 0.1) is 5.92 Å². The Morgan fingerprint density at radius 1 is 1.35 bits per heavy atom. The van der Waals surface area contributed by atoms with Crippen LogP contribution in [0.4, 0.5) is 0 Å². The first-order chi connectivity index (χ1) is 9.54. The molecule has 1 fully saturated rings. The van der Waals surface area contributed by atoms with Crippen LogP contribution in [0.1, 0.15) is 59.3 Å². The Morgan fingerprint density at radius 3 is 2.50 bits per heavy atom. The fraction of sp³-hybridized carbons (Fsp3) is 0.938. The number of carbonyl (C=O) groups is 1. The van der Waals surface area contributed by atoms with E-state index in [1.165, 1.54) is 25.7 Å². The second-order valence-corrected chi connectivity index (χ2v) is 6.46. The molecule has 0 radical (unpaired) electrons. The Bertz CT molecular complexity index is 276. The minimum Gasteiger partial charge on any atom is -0.480 e. The highest BCUT2D eigenvalue weighted by molar-refractivity contribution is 5.73. The Balaban J connectivity index is 2.47. The molecule has 2 N–H and O–H groups in total. The van der Waals surface area contributed by atoms with E-state index < -0.39 is 12.0 Å². The van der Waals surface area contributed by atoms with Crippen molar-refractivity contribution in [3.8, 4) is 0 Å².